The second-order valence-corrected chi connectivity index (χ2v) is 5.31. The molecule has 2 N–H and O–H groups in total. The van der Waals surface area contributed by atoms with E-state index >= 15 is 0 Å². The van der Waals surface area contributed by atoms with Gasteiger partial charge >= 0.3 is 0 Å². The standard InChI is InChI=1S/C14H10Cl2FN3/c1-7-2-3-8(17)4-12(7)20-13-6-10(16)9(15)5-11(13)19-14(20)18/h2-6H,1H3,(H2,18,19). The van der Waals surface area contributed by atoms with Crippen molar-refractivity contribution < 1.29 is 4.39 Å². The van der Waals surface area contributed by atoms with Crippen molar-refractivity contribution in [1.29, 1.82) is 0 Å². The molecule has 6 heteroatoms. The smallest absolute Gasteiger partial charge is 0.205 e. The second kappa shape index (κ2) is 4.65. The van der Waals surface area contributed by atoms with Gasteiger partial charge in [-0.2, -0.15) is 0 Å². The van der Waals surface area contributed by atoms with E-state index in [1.165, 1.54) is 12.1 Å². The molecular weight excluding hydrogens is 300 g/mol. The van der Waals surface area contributed by atoms with Crippen LogP contribution in [0, 0.1) is 12.7 Å². The third-order valence-electron chi connectivity index (χ3n) is 3.13. The summed E-state index contributed by atoms with van der Waals surface area (Å²) >= 11 is 12.0. The monoisotopic (exact) mass is 309 g/mol. The van der Waals surface area contributed by atoms with Crippen LogP contribution in [0.25, 0.3) is 16.7 Å². The summed E-state index contributed by atoms with van der Waals surface area (Å²) in [6, 6.07) is 7.81. The molecule has 0 unspecified atom stereocenters. The van der Waals surface area contributed by atoms with Crippen molar-refractivity contribution in [2.45, 2.75) is 6.92 Å². The van der Waals surface area contributed by atoms with E-state index in [2.05, 4.69) is 4.98 Å². The van der Waals surface area contributed by atoms with Crippen molar-refractivity contribution in [3.05, 3.63) is 51.8 Å². The van der Waals surface area contributed by atoms with E-state index in [1.807, 2.05) is 6.92 Å². The van der Waals surface area contributed by atoms with Gasteiger partial charge in [-0.05, 0) is 36.8 Å². The number of benzene rings is 2. The quantitative estimate of drug-likeness (QED) is 0.725. The average molecular weight is 310 g/mol. The SMILES string of the molecule is Cc1ccc(F)cc1-n1c(N)nc2cc(Cl)c(Cl)cc21. The van der Waals surface area contributed by atoms with Crippen LogP contribution in [0.4, 0.5) is 10.3 Å². The molecule has 0 aliphatic heterocycles. The molecule has 1 aromatic heterocycles. The Hall–Kier alpha value is -1.78. The fourth-order valence-corrected chi connectivity index (χ4v) is 2.48. The Morgan fingerprint density at radius 1 is 1.15 bits per heavy atom. The predicted octanol–water partition coefficient (Wildman–Crippen LogP) is 4.36. The predicted molar refractivity (Wildman–Crippen MR) is 80.2 cm³/mol. The third-order valence-corrected chi connectivity index (χ3v) is 3.86. The highest BCUT2D eigenvalue weighted by atomic mass is 35.5. The highest BCUT2D eigenvalue weighted by Gasteiger charge is 2.14. The van der Waals surface area contributed by atoms with Gasteiger partial charge in [-0.15, -0.1) is 0 Å². The molecule has 3 aromatic rings. The zero-order valence-corrected chi connectivity index (χ0v) is 12.0. The molecule has 3 rings (SSSR count). The van der Waals surface area contributed by atoms with Gasteiger partial charge in [0, 0.05) is 0 Å². The fourth-order valence-electron chi connectivity index (χ4n) is 2.17. The molecule has 0 saturated carbocycles. The Balaban J connectivity index is 2.38. The van der Waals surface area contributed by atoms with Gasteiger partial charge in [0.15, 0.2) is 0 Å². The fraction of sp³-hybridized carbons (Fsp3) is 0.0714. The van der Waals surface area contributed by atoms with Crippen LogP contribution in [0.3, 0.4) is 0 Å². The third kappa shape index (κ3) is 2.01. The van der Waals surface area contributed by atoms with E-state index in [9.17, 15) is 4.39 Å². The molecule has 0 amide bonds. The summed E-state index contributed by atoms with van der Waals surface area (Å²) in [5, 5.41) is 0.800. The van der Waals surface area contributed by atoms with Crippen LogP contribution >= 0.6 is 23.2 Å². The van der Waals surface area contributed by atoms with Gasteiger partial charge in [-0.1, -0.05) is 29.3 Å². The molecule has 0 aliphatic carbocycles. The summed E-state index contributed by atoms with van der Waals surface area (Å²) in [6.45, 7) is 1.87. The minimum absolute atomic E-state index is 0.257. The summed E-state index contributed by atoms with van der Waals surface area (Å²) in [6.07, 6.45) is 0. The van der Waals surface area contributed by atoms with Crippen molar-refractivity contribution in [3.8, 4) is 5.69 Å². The summed E-state index contributed by atoms with van der Waals surface area (Å²) in [4.78, 5) is 4.24. The van der Waals surface area contributed by atoms with Crippen LogP contribution in [0.2, 0.25) is 10.0 Å². The van der Waals surface area contributed by atoms with Gasteiger partial charge in [0.25, 0.3) is 0 Å². The maximum Gasteiger partial charge on any atom is 0.205 e. The Morgan fingerprint density at radius 2 is 1.85 bits per heavy atom. The number of fused-ring (bicyclic) bond motifs is 1. The Morgan fingerprint density at radius 3 is 2.60 bits per heavy atom. The van der Waals surface area contributed by atoms with E-state index < -0.39 is 0 Å². The largest absolute Gasteiger partial charge is 0.369 e. The van der Waals surface area contributed by atoms with Crippen LogP contribution in [0.1, 0.15) is 5.56 Å². The molecule has 0 fully saturated rings. The number of halogens is 3. The summed E-state index contributed by atoms with van der Waals surface area (Å²) in [5.74, 6) is -0.0843. The first-order chi connectivity index (χ1) is 9.47. The molecule has 0 bridgehead atoms. The maximum absolute atomic E-state index is 13.5. The Kier molecular flexibility index (Phi) is 3.07. The molecule has 0 saturated heterocycles. The van der Waals surface area contributed by atoms with Gasteiger partial charge in [0.1, 0.15) is 5.82 Å². The number of nitrogens with zero attached hydrogens (tertiary/aromatic N) is 2. The lowest BCUT2D eigenvalue weighted by Gasteiger charge is -2.10. The van der Waals surface area contributed by atoms with Gasteiger partial charge in [0.2, 0.25) is 5.95 Å². The Bertz CT molecular complexity index is 827. The van der Waals surface area contributed by atoms with Crippen LogP contribution in [-0.2, 0) is 0 Å². The first-order valence-electron chi connectivity index (χ1n) is 5.87. The highest BCUT2D eigenvalue weighted by Crippen LogP contribution is 2.31. The van der Waals surface area contributed by atoms with Crippen LogP contribution < -0.4 is 5.73 Å². The average Bonchev–Trinajstić information content (AvgIpc) is 2.69. The molecule has 0 aliphatic rings. The van der Waals surface area contributed by atoms with Crippen molar-refractivity contribution >= 4 is 40.2 Å². The number of imidazole rings is 1. The molecular formula is C14H10Cl2FN3. The minimum atomic E-state index is -0.341. The zero-order chi connectivity index (χ0) is 14.4. The van der Waals surface area contributed by atoms with Gasteiger partial charge in [-0.3, -0.25) is 4.57 Å². The van der Waals surface area contributed by atoms with E-state index in [4.69, 9.17) is 28.9 Å². The zero-order valence-electron chi connectivity index (χ0n) is 10.5. The highest BCUT2D eigenvalue weighted by molar-refractivity contribution is 6.42. The van der Waals surface area contributed by atoms with Crippen molar-refractivity contribution in [2.24, 2.45) is 0 Å². The molecule has 20 heavy (non-hydrogen) atoms. The van der Waals surface area contributed by atoms with E-state index in [0.29, 0.717) is 26.8 Å². The Labute approximate surface area is 124 Å². The topological polar surface area (TPSA) is 43.8 Å². The van der Waals surface area contributed by atoms with E-state index in [0.717, 1.165) is 5.56 Å². The lowest BCUT2D eigenvalue weighted by Crippen LogP contribution is -2.03. The number of nitrogen functional groups attached to an aromatic ring is 1. The first kappa shape index (κ1) is 13.2. The van der Waals surface area contributed by atoms with Gasteiger partial charge in [-0.25, -0.2) is 9.37 Å². The number of anilines is 1. The molecule has 0 atom stereocenters. The molecule has 2 aromatic carbocycles. The molecule has 3 nitrogen and oxygen atoms in total. The maximum atomic E-state index is 13.5. The van der Waals surface area contributed by atoms with E-state index in [1.54, 1.807) is 22.8 Å². The van der Waals surface area contributed by atoms with E-state index in [-0.39, 0.29) is 11.8 Å². The number of aryl methyl sites for hydroxylation is 1. The number of hydrogen-bond donors (Lipinski definition) is 1. The molecule has 1 heterocycles. The number of aromatic nitrogens is 2. The lowest BCUT2D eigenvalue weighted by atomic mass is 10.2. The number of hydrogen-bond acceptors (Lipinski definition) is 2. The van der Waals surface area contributed by atoms with Crippen LogP contribution in [0.15, 0.2) is 30.3 Å². The molecule has 0 spiro atoms. The van der Waals surface area contributed by atoms with Gasteiger partial charge < -0.3 is 5.73 Å². The summed E-state index contributed by atoms with van der Waals surface area (Å²) in [5.41, 5.74) is 8.75. The van der Waals surface area contributed by atoms with Crippen molar-refractivity contribution in [1.82, 2.24) is 9.55 Å². The van der Waals surface area contributed by atoms with Crippen molar-refractivity contribution in [2.75, 3.05) is 5.73 Å². The van der Waals surface area contributed by atoms with Crippen LogP contribution in [0.5, 0.6) is 0 Å². The first-order valence-corrected chi connectivity index (χ1v) is 6.62. The molecule has 0 radical (unpaired) electrons. The summed E-state index contributed by atoms with van der Waals surface area (Å²) in [7, 11) is 0. The van der Waals surface area contributed by atoms with Crippen LogP contribution in [-0.4, -0.2) is 9.55 Å². The lowest BCUT2D eigenvalue weighted by molar-refractivity contribution is 0.626. The second-order valence-electron chi connectivity index (χ2n) is 4.49. The summed E-state index contributed by atoms with van der Waals surface area (Å²) < 4.78 is 15.2. The number of rotatable bonds is 1. The number of nitrogens with two attached hydrogens (primary N) is 1. The van der Waals surface area contributed by atoms with Crippen molar-refractivity contribution in [3.63, 3.8) is 0 Å². The van der Waals surface area contributed by atoms with Gasteiger partial charge in [0.05, 0.1) is 26.8 Å². The normalized spacial score (nSPS) is 11.2. The minimum Gasteiger partial charge on any atom is -0.369 e. The molecule has 102 valence electrons.